The maximum Gasteiger partial charge on any atom is 0.123 e. The van der Waals surface area contributed by atoms with Crippen molar-refractivity contribution in [3.63, 3.8) is 0 Å². The minimum Gasteiger partial charge on any atom is -0.402 e. The van der Waals surface area contributed by atoms with E-state index in [1.54, 1.807) is 6.20 Å². The third kappa shape index (κ3) is 5.10. The highest BCUT2D eigenvalue weighted by atomic mass is 16.5. The fraction of sp³-hybridized carbons (Fsp3) is 0.450. The van der Waals surface area contributed by atoms with E-state index in [0.717, 1.165) is 43.1 Å². The molecular weight excluding hydrogens is 312 g/mol. The first-order valence-corrected chi connectivity index (χ1v) is 8.83. The molecule has 0 amide bonds. The van der Waals surface area contributed by atoms with Crippen LogP contribution < -0.4 is 11.5 Å². The minimum atomic E-state index is 0.307. The van der Waals surface area contributed by atoms with Crippen LogP contribution in [-0.2, 0) is 4.74 Å². The number of rotatable bonds is 5. The zero-order valence-electron chi connectivity index (χ0n) is 15.7. The summed E-state index contributed by atoms with van der Waals surface area (Å²) in [6, 6.07) is 4.23. The number of nitrogens with two attached hydrogens (primary N) is 2. The molecule has 4 N–H and O–H groups in total. The molecule has 1 fully saturated rings. The van der Waals surface area contributed by atoms with Crippen molar-refractivity contribution in [1.82, 2.24) is 9.88 Å². The van der Waals surface area contributed by atoms with E-state index in [-0.39, 0.29) is 0 Å². The lowest BCUT2D eigenvalue weighted by molar-refractivity contribution is 0.0188. The van der Waals surface area contributed by atoms with E-state index in [0.29, 0.717) is 11.9 Å². The molecule has 0 radical (unpaired) electrons. The highest BCUT2D eigenvalue weighted by molar-refractivity contribution is 5.78. The van der Waals surface area contributed by atoms with Gasteiger partial charge in [0, 0.05) is 30.2 Å². The lowest BCUT2D eigenvalue weighted by atomic mass is 9.98. The first-order chi connectivity index (χ1) is 11.9. The molecule has 1 atom stereocenters. The van der Waals surface area contributed by atoms with Gasteiger partial charge in [0.15, 0.2) is 0 Å². The predicted molar refractivity (Wildman–Crippen MR) is 105 cm³/mol. The van der Waals surface area contributed by atoms with Crippen LogP contribution in [0, 0.1) is 0 Å². The van der Waals surface area contributed by atoms with E-state index in [4.69, 9.17) is 16.2 Å². The Balaban J connectivity index is 2.54. The summed E-state index contributed by atoms with van der Waals surface area (Å²) >= 11 is 0. The van der Waals surface area contributed by atoms with Crippen molar-refractivity contribution in [2.45, 2.75) is 40.2 Å². The number of morpholine rings is 1. The Kier molecular flexibility index (Phi) is 6.65. The average Bonchev–Trinajstić information content (AvgIpc) is 2.58. The number of hydrogen-bond donors (Lipinski definition) is 2. The molecule has 0 spiro atoms. The van der Waals surface area contributed by atoms with Gasteiger partial charge in [-0.1, -0.05) is 12.5 Å². The highest BCUT2D eigenvalue weighted by Crippen LogP contribution is 2.27. The van der Waals surface area contributed by atoms with Gasteiger partial charge in [0.05, 0.1) is 13.2 Å². The third-order valence-corrected chi connectivity index (χ3v) is 4.45. The number of nitrogens with zero attached hydrogens (tertiary/aromatic N) is 2. The highest BCUT2D eigenvalue weighted by Gasteiger charge is 2.20. The molecule has 25 heavy (non-hydrogen) atoms. The summed E-state index contributed by atoms with van der Waals surface area (Å²) in [6.45, 7) is 10.7. The molecule has 0 aromatic carbocycles. The van der Waals surface area contributed by atoms with Crippen molar-refractivity contribution in [2.24, 2.45) is 5.73 Å². The fourth-order valence-electron chi connectivity index (χ4n) is 2.96. The van der Waals surface area contributed by atoms with E-state index in [1.165, 1.54) is 11.1 Å². The summed E-state index contributed by atoms with van der Waals surface area (Å²) < 4.78 is 5.58. The molecule has 1 aromatic heterocycles. The molecule has 2 heterocycles. The van der Waals surface area contributed by atoms with E-state index in [2.05, 4.69) is 36.7 Å². The Morgan fingerprint density at radius 2 is 2.16 bits per heavy atom. The number of ether oxygens (including phenoxy) is 1. The van der Waals surface area contributed by atoms with E-state index >= 15 is 0 Å². The van der Waals surface area contributed by atoms with Crippen LogP contribution >= 0.6 is 0 Å². The molecule has 0 bridgehead atoms. The molecule has 0 aliphatic carbocycles. The number of aromatic nitrogens is 1. The largest absolute Gasteiger partial charge is 0.402 e. The van der Waals surface area contributed by atoms with Crippen LogP contribution in [0.4, 0.5) is 5.82 Å². The maximum absolute atomic E-state index is 6.01. The monoisotopic (exact) mass is 342 g/mol. The second kappa shape index (κ2) is 8.72. The molecule has 1 aliphatic heterocycles. The average molecular weight is 342 g/mol. The van der Waals surface area contributed by atoms with Gasteiger partial charge in [0.2, 0.25) is 0 Å². The van der Waals surface area contributed by atoms with Gasteiger partial charge in [0.1, 0.15) is 5.82 Å². The Morgan fingerprint density at radius 1 is 1.40 bits per heavy atom. The molecule has 136 valence electrons. The number of nitrogen functional groups attached to an aromatic ring is 1. The van der Waals surface area contributed by atoms with Crippen molar-refractivity contribution >= 4 is 11.4 Å². The van der Waals surface area contributed by atoms with Crippen LogP contribution in [0.5, 0.6) is 0 Å². The zero-order chi connectivity index (χ0) is 18.4. The van der Waals surface area contributed by atoms with Gasteiger partial charge in [-0.2, -0.15) is 0 Å². The normalized spacial score (nSPS) is 20.5. The number of pyridine rings is 1. The van der Waals surface area contributed by atoms with Gasteiger partial charge in [-0.15, -0.1) is 0 Å². The predicted octanol–water partition coefficient (Wildman–Crippen LogP) is 3.31. The van der Waals surface area contributed by atoms with Crippen LogP contribution in [0.1, 0.15) is 39.7 Å². The smallest absolute Gasteiger partial charge is 0.123 e. The fourth-order valence-corrected chi connectivity index (χ4v) is 2.96. The lowest BCUT2D eigenvalue weighted by Gasteiger charge is -2.36. The molecule has 1 aliphatic rings. The molecule has 0 saturated carbocycles. The van der Waals surface area contributed by atoms with Crippen LogP contribution in [0.15, 0.2) is 47.4 Å². The van der Waals surface area contributed by atoms with Crippen LogP contribution in [0.2, 0.25) is 0 Å². The third-order valence-electron chi connectivity index (χ3n) is 4.45. The zero-order valence-corrected chi connectivity index (χ0v) is 15.7. The Bertz CT molecular complexity index is 687. The van der Waals surface area contributed by atoms with Gasteiger partial charge in [-0.25, -0.2) is 4.98 Å². The summed E-state index contributed by atoms with van der Waals surface area (Å²) in [7, 11) is 0. The Labute approximate surface area is 151 Å². The van der Waals surface area contributed by atoms with Crippen LogP contribution in [0.25, 0.3) is 5.57 Å². The summed E-state index contributed by atoms with van der Waals surface area (Å²) in [4.78, 5) is 6.47. The van der Waals surface area contributed by atoms with Gasteiger partial charge < -0.3 is 21.1 Å². The Hall–Kier alpha value is -2.27. The first-order valence-electron chi connectivity index (χ1n) is 8.83. The van der Waals surface area contributed by atoms with E-state index in [1.807, 2.05) is 25.1 Å². The van der Waals surface area contributed by atoms with Crippen molar-refractivity contribution in [2.75, 3.05) is 25.5 Å². The second-order valence-corrected chi connectivity index (χ2v) is 6.59. The van der Waals surface area contributed by atoms with Crippen molar-refractivity contribution in [3.8, 4) is 0 Å². The topological polar surface area (TPSA) is 77.4 Å². The molecule has 1 aromatic rings. The Morgan fingerprint density at radius 3 is 2.76 bits per heavy atom. The van der Waals surface area contributed by atoms with Gasteiger partial charge in [-0.3, -0.25) is 0 Å². The van der Waals surface area contributed by atoms with E-state index in [9.17, 15) is 0 Å². The van der Waals surface area contributed by atoms with E-state index < -0.39 is 0 Å². The SMILES string of the molecule is CC/C(C)=C(/C=C(\C=C(/C)N)N1CCOCC1C)c1ccnc(N)c1. The first kappa shape index (κ1) is 19.1. The molecule has 5 nitrogen and oxygen atoms in total. The lowest BCUT2D eigenvalue weighted by Crippen LogP contribution is -2.42. The van der Waals surface area contributed by atoms with Gasteiger partial charge in [-0.05, 0) is 62.6 Å². The number of allylic oxidation sites excluding steroid dienone is 5. The maximum atomic E-state index is 6.01. The van der Waals surface area contributed by atoms with Crippen molar-refractivity contribution < 1.29 is 4.74 Å². The summed E-state index contributed by atoms with van der Waals surface area (Å²) in [5.41, 5.74) is 17.3. The molecule has 5 heteroatoms. The number of anilines is 1. The van der Waals surface area contributed by atoms with Crippen LogP contribution in [-0.4, -0.2) is 35.7 Å². The summed E-state index contributed by atoms with van der Waals surface area (Å²) in [5.74, 6) is 0.527. The molecule has 2 rings (SSSR count). The van der Waals surface area contributed by atoms with Crippen LogP contribution in [0.3, 0.4) is 0 Å². The molecule has 1 unspecified atom stereocenters. The van der Waals surface area contributed by atoms with Gasteiger partial charge in [0.25, 0.3) is 0 Å². The molecule has 1 saturated heterocycles. The second-order valence-electron chi connectivity index (χ2n) is 6.59. The summed E-state index contributed by atoms with van der Waals surface area (Å²) in [5, 5.41) is 0. The van der Waals surface area contributed by atoms with Gasteiger partial charge >= 0.3 is 0 Å². The standard InChI is InChI=1S/C20H30N4O/c1-5-14(2)19(17-6-7-23-20(22)11-17)12-18(10-15(3)21)24-8-9-25-13-16(24)4/h6-7,10-12,16H,5,8-9,13,21H2,1-4H3,(H2,22,23)/b15-10+,18-12+,19-14-. The minimum absolute atomic E-state index is 0.307. The molecular formula is C20H30N4O. The summed E-state index contributed by atoms with van der Waals surface area (Å²) in [6.07, 6.45) is 6.97. The van der Waals surface area contributed by atoms with Crippen molar-refractivity contribution in [3.05, 3.63) is 53.0 Å². The quantitative estimate of drug-likeness (QED) is 0.803. The number of hydrogen-bond acceptors (Lipinski definition) is 5. The van der Waals surface area contributed by atoms with Crippen molar-refractivity contribution in [1.29, 1.82) is 0 Å².